The van der Waals surface area contributed by atoms with Gasteiger partial charge in [0.1, 0.15) is 0 Å². The Balaban J connectivity index is 0.00000243. The van der Waals surface area contributed by atoms with Crippen molar-refractivity contribution in [3.63, 3.8) is 0 Å². The van der Waals surface area contributed by atoms with Gasteiger partial charge in [-0.1, -0.05) is 29.8 Å². The molecule has 0 aromatic heterocycles. The van der Waals surface area contributed by atoms with Gasteiger partial charge in [-0.2, -0.15) is 0 Å². The van der Waals surface area contributed by atoms with E-state index in [-0.39, 0.29) is 30.1 Å². The highest BCUT2D eigenvalue weighted by atomic mass is 35.5. The maximum atomic E-state index is 12.3. The normalized spacial score (nSPS) is 15.8. The van der Waals surface area contributed by atoms with Crippen LogP contribution < -0.4 is 16.0 Å². The van der Waals surface area contributed by atoms with E-state index in [1.165, 1.54) is 0 Å². The summed E-state index contributed by atoms with van der Waals surface area (Å²) in [5.74, 6) is 0.00160. The number of hydrogen-bond donors (Lipinski definition) is 3. The van der Waals surface area contributed by atoms with E-state index in [9.17, 15) is 9.59 Å². The van der Waals surface area contributed by atoms with Crippen molar-refractivity contribution in [1.82, 2.24) is 10.6 Å². The van der Waals surface area contributed by atoms with E-state index < -0.39 is 0 Å². The predicted molar refractivity (Wildman–Crippen MR) is 106 cm³/mol. The van der Waals surface area contributed by atoms with Gasteiger partial charge in [-0.05, 0) is 49.7 Å². The molecule has 138 valence electrons. The van der Waals surface area contributed by atoms with Crippen LogP contribution in [0.5, 0.6) is 0 Å². The molecule has 26 heavy (non-hydrogen) atoms. The van der Waals surface area contributed by atoms with Crippen molar-refractivity contribution in [2.75, 3.05) is 18.4 Å². The minimum Gasteiger partial charge on any atom is -0.352 e. The first kappa shape index (κ1) is 19.9. The van der Waals surface area contributed by atoms with Crippen LogP contribution in [0.15, 0.2) is 48.5 Å². The first-order valence-electron chi connectivity index (χ1n) is 8.57. The molecule has 2 amide bonds. The molecule has 0 aliphatic carbocycles. The molecule has 1 aliphatic rings. The molecule has 5 nitrogen and oxygen atoms in total. The van der Waals surface area contributed by atoms with Gasteiger partial charge in [0, 0.05) is 24.3 Å². The zero-order valence-corrected chi connectivity index (χ0v) is 15.6. The van der Waals surface area contributed by atoms with Crippen LogP contribution in [0.3, 0.4) is 0 Å². The summed E-state index contributed by atoms with van der Waals surface area (Å²) in [7, 11) is 0. The average Bonchev–Trinajstić information content (AvgIpc) is 3.15. The Hall–Kier alpha value is -2.37. The van der Waals surface area contributed by atoms with Crippen molar-refractivity contribution >= 4 is 29.9 Å². The van der Waals surface area contributed by atoms with Crippen LogP contribution in [-0.4, -0.2) is 24.9 Å². The van der Waals surface area contributed by atoms with Crippen molar-refractivity contribution in [2.45, 2.75) is 19.9 Å². The number of amides is 2. The van der Waals surface area contributed by atoms with Crippen LogP contribution >= 0.6 is 12.4 Å². The quantitative estimate of drug-likeness (QED) is 0.754. The Morgan fingerprint density at radius 1 is 1.15 bits per heavy atom. The topological polar surface area (TPSA) is 70.2 Å². The van der Waals surface area contributed by atoms with Gasteiger partial charge in [-0.25, -0.2) is 0 Å². The number of anilines is 1. The third kappa shape index (κ3) is 5.31. The van der Waals surface area contributed by atoms with Crippen molar-refractivity contribution in [2.24, 2.45) is 5.92 Å². The van der Waals surface area contributed by atoms with Crippen LogP contribution in [-0.2, 0) is 11.3 Å². The number of carbonyl (C=O) groups excluding carboxylic acids is 2. The van der Waals surface area contributed by atoms with Crippen LogP contribution in [0.1, 0.15) is 27.9 Å². The first-order valence-corrected chi connectivity index (χ1v) is 8.57. The van der Waals surface area contributed by atoms with E-state index in [2.05, 4.69) is 16.0 Å². The van der Waals surface area contributed by atoms with Crippen LogP contribution in [0.4, 0.5) is 5.69 Å². The lowest BCUT2D eigenvalue weighted by atomic mass is 10.1. The molecular weight excluding hydrogens is 350 g/mol. The van der Waals surface area contributed by atoms with Gasteiger partial charge in [0.05, 0.1) is 5.92 Å². The summed E-state index contributed by atoms with van der Waals surface area (Å²) in [6.07, 6.45) is 0.887. The number of aryl methyl sites for hydroxylation is 1. The number of rotatable bonds is 5. The number of carbonyl (C=O) groups is 2. The largest absolute Gasteiger partial charge is 0.352 e. The summed E-state index contributed by atoms with van der Waals surface area (Å²) < 4.78 is 0. The number of hydrogen-bond acceptors (Lipinski definition) is 3. The highest BCUT2D eigenvalue weighted by molar-refractivity contribution is 6.04. The third-order valence-electron chi connectivity index (χ3n) is 4.40. The second-order valence-electron chi connectivity index (χ2n) is 6.43. The van der Waals surface area contributed by atoms with Crippen molar-refractivity contribution < 1.29 is 9.59 Å². The molecule has 1 heterocycles. The van der Waals surface area contributed by atoms with Gasteiger partial charge in [0.15, 0.2) is 0 Å². The zero-order valence-electron chi connectivity index (χ0n) is 14.7. The second kappa shape index (κ2) is 9.36. The summed E-state index contributed by atoms with van der Waals surface area (Å²) >= 11 is 0. The van der Waals surface area contributed by atoms with Gasteiger partial charge >= 0.3 is 0 Å². The summed E-state index contributed by atoms with van der Waals surface area (Å²) in [4.78, 5) is 24.4. The first-order chi connectivity index (χ1) is 12.1. The minimum absolute atomic E-state index is 0. The number of benzene rings is 2. The molecule has 3 rings (SSSR count). The lowest BCUT2D eigenvalue weighted by Crippen LogP contribution is -2.31. The maximum Gasteiger partial charge on any atom is 0.255 e. The van der Waals surface area contributed by atoms with E-state index in [4.69, 9.17) is 0 Å². The van der Waals surface area contributed by atoms with Gasteiger partial charge < -0.3 is 16.0 Å². The Morgan fingerprint density at radius 3 is 2.62 bits per heavy atom. The standard InChI is InChI=1S/C20H23N3O2.ClH/c1-14-5-7-16(8-6-14)20(25)23-18-4-2-3-15(11-18)12-22-19(24)17-9-10-21-13-17;/h2-8,11,17,21H,9-10,12-13H2,1H3,(H,22,24)(H,23,25);1H. The van der Waals surface area contributed by atoms with E-state index in [1.54, 1.807) is 0 Å². The van der Waals surface area contributed by atoms with E-state index in [0.717, 1.165) is 36.3 Å². The van der Waals surface area contributed by atoms with Crippen molar-refractivity contribution in [3.05, 3.63) is 65.2 Å². The second-order valence-corrected chi connectivity index (χ2v) is 6.43. The van der Waals surface area contributed by atoms with Gasteiger partial charge in [-0.3, -0.25) is 9.59 Å². The molecule has 3 N–H and O–H groups in total. The Bertz CT molecular complexity index is 756. The molecule has 1 atom stereocenters. The van der Waals surface area contributed by atoms with E-state index in [0.29, 0.717) is 12.1 Å². The van der Waals surface area contributed by atoms with Gasteiger partial charge in [-0.15, -0.1) is 12.4 Å². The number of halogens is 1. The highest BCUT2D eigenvalue weighted by Crippen LogP contribution is 2.14. The summed E-state index contributed by atoms with van der Waals surface area (Å²) in [5, 5.41) is 9.06. The zero-order chi connectivity index (χ0) is 17.6. The van der Waals surface area contributed by atoms with Gasteiger partial charge in [0.25, 0.3) is 5.91 Å². The fraction of sp³-hybridized carbons (Fsp3) is 0.300. The summed E-state index contributed by atoms with van der Waals surface area (Å²) in [5.41, 5.74) is 3.42. The molecule has 1 unspecified atom stereocenters. The molecule has 0 bridgehead atoms. The van der Waals surface area contributed by atoms with Crippen LogP contribution in [0.25, 0.3) is 0 Å². The molecule has 6 heteroatoms. The molecule has 0 radical (unpaired) electrons. The maximum absolute atomic E-state index is 12.3. The summed E-state index contributed by atoms with van der Waals surface area (Å²) in [6.45, 7) is 4.10. The average molecular weight is 374 g/mol. The van der Waals surface area contributed by atoms with E-state index in [1.807, 2.05) is 55.5 Å². The number of nitrogens with one attached hydrogen (secondary N) is 3. The minimum atomic E-state index is -0.141. The third-order valence-corrected chi connectivity index (χ3v) is 4.40. The Labute approximate surface area is 160 Å². The molecule has 2 aromatic carbocycles. The van der Waals surface area contributed by atoms with Crippen LogP contribution in [0, 0.1) is 12.8 Å². The van der Waals surface area contributed by atoms with Gasteiger partial charge in [0.2, 0.25) is 5.91 Å². The fourth-order valence-electron chi connectivity index (χ4n) is 2.88. The Kier molecular flexibility index (Phi) is 7.18. The van der Waals surface area contributed by atoms with Crippen molar-refractivity contribution in [3.8, 4) is 0 Å². The Morgan fingerprint density at radius 2 is 1.92 bits per heavy atom. The molecule has 1 aliphatic heterocycles. The SMILES string of the molecule is Cc1ccc(C(=O)Nc2cccc(CNC(=O)C3CCNC3)c2)cc1.Cl. The molecule has 2 aromatic rings. The smallest absolute Gasteiger partial charge is 0.255 e. The lowest BCUT2D eigenvalue weighted by Gasteiger charge is -2.11. The molecule has 1 saturated heterocycles. The van der Waals surface area contributed by atoms with Crippen LogP contribution in [0.2, 0.25) is 0 Å². The molecular formula is C20H24ClN3O2. The molecule has 1 fully saturated rings. The molecule has 0 spiro atoms. The van der Waals surface area contributed by atoms with E-state index >= 15 is 0 Å². The monoisotopic (exact) mass is 373 g/mol. The lowest BCUT2D eigenvalue weighted by molar-refractivity contribution is -0.124. The predicted octanol–water partition coefficient (Wildman–Crippen LogP) is 2.89. The summed E-state index contributed by atoms with van der Waals surface area (Å²) in [6, 6.07) is 15.0. The fourth-order valence-corrected chi connectivity index (χ4v) is 2.88. The highest BCUT2D eigenvalue weighted by Gasteiger charge is 2.21. The van der Waals surface area contributed by atoms with Crippen molar-refractivity contribution in [1.29, 1.82) is 0 Å². The molecule has 0 saturated carbocycles.